The molecular weight excluding hydrogens is 443 g/mol. The fourth-order valence-corrected chi connectivity index (χ4v) is 3.70. The van der Waals surface area contributed by atoms with E-state index in [0.29, 0.717) is 21.6 Å². The Hall–Kier alpha value is -3.49. The molecule has 31 heavy (non-hydrogen) atoms. The van der Waals surface area contributed by atoms with Crippen molar-refractivity contribution in [1.82, 2.24) is 10.3 Å². The zero-order valence-electron chi connectivity index (χ0n) is 16.2. The van der Waals surface area contributed by atoms with Gasteiger partial charge in [0.2, 0.25) is 5.91 Å². The number of amides is 3. The van der Waals surface area contributed by atoms with Gasteiger partial charge in [-0.1, -0.05) is 35.3 Å². The fraction of sp³-hybridized carbons (Fsp3) is 0.0952. The molecular formula is C21H18Cl2N4O4. The maximum atomic E-state index is 12.3. The number of H-pyrrole nitrogens is 1. The summed E-state index contributed by atoms with van der Waals surface area (Å²) in [6.07, 6.45) is 2.59. The number of primary amides is 1. The van der Waals surface area contributed by atoms with Crippen molar-refractivity contribution in [1.29, 1.82) is 0 Å². The lowest BCUT2D eigenvalue weighted by Crippen LogP contribution is -2.31. The largest absolute Gasteiger partial charge is 0.477 e. The van der Waals surface area contributed by atoms with Crippen molar-refractivity contribution in [3.8, 4) is 0 Å². The normalized spacial score (nSPS) is 12.1. The third-order valence-corrected chi connectivity index (χ3v) is 5.02. The van der Waals surface area contributed by atoms with Crippen LogP contribution in [0.2, 0.25) is 10.0 Å². The van der Waals surface area contributed by atoms with Crippen molar-refractivity contribution in [2.45, 2.75) is 13.0 Å². The monoisotopic (exact) mass is 460 g/mol. The van der Waals surface area contributed by atoms with E-state index in [9.17, 15) is 19.5 Å². The van der Waals surface area contributed by atoms with Gasteiger partial charge in [-0.05, 0) is 42.8 Å². The van der Waals surface area contributed by atoms with Gasteiger partial charge in [0, 0.05) is 33.3 Å². The maximum Gasteiger partial charge on any atom is 0.352 e. The van der Waals surface area contributed by atoms with Gasteiger partial charge in [0.15, 0.2) is 0 Å². The molecule has 1 aromatic heterocycles. The van der Waals surface area contributed by atoms with Crippen LogP contribution in [0.1, 0.15) is 34.6 Å². The van der Waals surface area contributed by atoms with E-state index in [1.54, 1.807) is 37.3 Å². The summed E-state index contributed by atoms with van der Waals surface area (Å²) in [7, 11) is 0. The number of aromatic carboxylic acids is 1. The second-order valence-corrected chi connectivity index (χ2v) is 7.55. The highest BCUT2D eigenvalue weighted by Gasteiger charge is 2.18. The number of carbonyl (C=O) groups excluding carboxylic acids is 2. The molecule has 3 amide bonds. The number of aromatic amines is 1. The van der Waals surface area contributed by atoms with Gasteiger partial charge in [0.25, 0.3) is 0 Å². The predicted molar refractivity (Wildman–Crippen MR) is 121 cm³/mol. The van der Waals surface area contributed by atoms with Gasteiger partial charge in [-0.3, -0.25) is 4.79 Å². The zero-order valence-corrected chi connectivity index (χ0v) is 17.7. The van der Waals surface area contributed by atoms with Crippen LogP contribution in [0.25, 0.3) is 17.0 Å². The Morgan fingerprint density at radius 1 is 1.16 bits per heavy atom. The highest BCUT2D eigenvalue weighted by atomic mass is 35.5. The quantitative estimate of drug-likeness (QED) is 0.344. The highest BCUT2D eigenvalue weighted by Crippen LogP contribution is 2.33. The number of hydrogen-bond acceptors (Lipinski definition) is 3. The minimum Gasteiger partial charge on any atom is -0.477 e. The molecule has 0 fully saturated rings. The van der Waals surface area contributed by atoms with Gasteiger partial charge >= 0.3 is 12.0 Å². The first-order valence-electron chi connectivity index (χ1n) is 9.04. The molecule has 0 saturated carbocycles. The second-order valence-electron chi connectivity index (χ2n) is 6.70. The molecule has 8 nitrogen and oxygen atoms in total. The molecule has 2 aromatic carbocycles. The number of aromatic nitrogens is 1. The Kier molecular flexibility index (Phi) is 6.53. The number of carboxylic acids is 1. The first-order chi connectivity index (χ1) is 14.7. The molecule has 0 spiro atoms. The van der Waals surface area contributed by atoms with E-state index >= 15 is 0 Å². The Morgan fingerprint density at radius 3 is 2.45 bits per heavy atom. The molecule has 0 bridgehead atoms. The van der Waals surface area contributed by atoms with Gasteiger partial charge < -0.3 is 26.5 Å². The van der Waals surface area contributed by atoms with E-state index < -0.39 is 17.9 Å². The summed E-state index contributed by atoms with van der Waals surface area (Å²) in [5, 5.41) is 15.8. The molecule has 0 aliphatic carbocycles. The summed E-state index contributed by atoms with van der Waals surface area (Å²) < 4.78 is 0. The first-order valence-corrected chi connectivity index (χ1v) is 9.80. The van der Waals surface area contributed by atoms with Crippen molar-refractivity contribution in [2.24, 2.45) is 5.73 Å². The number of rotatable bonds is 6. The molecule has 0 saturated heterocycles. The van der Waals surface area contributed by atoms with Gasteiger partial charge in [0.1, 0.15) is 5.69 Å². The van der Waals surface area contributed by atoms with Crippen LogP contribution < -0.4 is 16.4 Å². The number of urea groups is 1. The standard InChI is InChI=1S/C21H18Cl2N4O4/c1-10(25-21(24)31)11-2-4-13(5-3-11)26-17(28)7-6-14-18-15(23)8-12(22)9-16(18)27-19(14)20(29)30/h2-10,27H,1H3,(H,26,28)(H,29,30)(H3,24,25,31)/b7-6+/t10-/m1/s1. The molecule has 160 valence electrons. The molecule has 0 aliphatic rings. The Morgan fingerprint density at radius 2 is 1.84 bits per heavy atom. The van der Waals surface area contributed by atoms with E-state index in [0.717, 1.165) is 5.56 Å². The van der Waals surface area contributed by atoms with Crippen LogP contribution >= 0.6 is 23.2 Å². The number of hydrogen-bond donors (Lipinski definition) is 5. The maximum absolute atomic E-state index is 12.3. The highest BCUT2D eigenvalue weighted by molar-refractivity contribution is 6.39. The summed E-state index contributed by atoms with van der Waals surface area (Å²) >= 11 is 12.2. The molecule has 1 atom stereocenters. The van der Waals surface area contributed by atoms with Crippen molar-refractivity contribution < 1.29 is 19.5 Å². The third kappa shape index (κ3) is 5.17. The number of carboxylic acid groups (broad SMARTS) is 1. The molecule has 1 heterocycles. The minimum atomic E-state index is -1.20. The number of anilines is 1. The van der Waals surface area contributed by atoms with Gasteiger partial charge in [0.05, 0.1) is 11.1 Å². The molecule has 0 unspecified atom stereocenters. The molecule has 3 rings (SSSR count). The molecule has 6 N–H and O–H groups in total. The summed E-state index contributed by atoms with van der Waals surface area (Å²) in [6, 6.07) is 8.98. The first kappa shape index (κ1) is 22.2. The van der Waals surface area contributed by atoms with Gasteiger partial charge in [-0.2, -0.15) is 0 Å². The fourth-order valence-electron chi connectivity index (χ4n) is 3.10. The van der Waals surface area contributed by atoms with E-state index in [1.807, 2.05) is 0 Å². The average Bonchev–Trinajstić information content (AvgIpc) is 3.05. The molecule has 0 aliphatic heterocycles. The Labute approximate surface area is 187 Å². The van der Waals surface area contributed by atoms with Crippen LogP contribution in [0.5, 0.6) is 0 Å². The smallest absolute Gasteiger partial charge is 0.352 e. The van der Waals surface area contributed by atoms with E-state index in [2.05, 4.69) is 15.6 Å². The number of fused-ring (bicyclic) bond motifs is 1. The molecule has 10 heteroatoms. The molecule has 3 aromatic rings. The van der Waals surface area contributed by atoms with Crippen molar-refractivity contribution in [3.05, 3.63) is 69.3 Å². The summed E-state index contributed by atoms with van der Waals surface area (Å²) in [6.45, 7) is 1.78. The summed E-state index contributed by atoms with van der Waals surface area (Å²) in [5.41, 5.74) is 7.05. The van der Waals surface area contributed by atoms with E-state index in [-0.39, 0.29) is 22.3 Å². The predicted octanol–water partition coefficient (Wildman–Crippen LogP) is 4.55. The minimum absolute atomic E-state index is 0.108. The van der Waals surface area contributed by atoms with Gasteiger partial charge in [-0.15, -0.1) is 0 Å². The van der Waals surface area contributed by atoms with Crippen LogP contribution in [0, 0.1) is 0 Å². The Balaban J connectivity index is 1.80. The number of benzene rings is 2. The van der Waals surface area contributed by atoms with Crippen LogP contribution in [-0.4, -0.2) is 28.0 Å². The third-order valence-electron chi connectivity index (χ3n) is 4.51. The van der Waals surface area contributed by atoms with Gasteiger partial charge in [-0.25, -0.2) is 9.59 Å². The topological polar surface area (TPSA) is 137 Å². The number of carbonyl (C=O) groups is 3. The number of nitrogens with two attached hydrogens (primary N) is 1. The van der Waals surface area contributed by atoms with Crippen molar-refractivity contribution in [2.75, 3.05) is 5.32 Å². The van der Waals surface area contributed by atoms with Crippen LogP contribution in [0.4, 0.5) is 10.5 Å². The van der Waals surface area contributed by atoms with Crippen LogP contribution in [0.3, 0.4) is 0 Å². The summed E-state index contributed by atoms with van der Waals surface area (Å²) in [4.78, 5) is 37.6. The summed E-state index contributed by atoms with van der Waals surface area (Å²) in [5.74, 6) is -1.66. The lowest BCUT2D eigenvalue weighted by Gasteiger charge is -2.13. The number of halogens is 2. The van der Waals surface area contributed by atoms with Crippen molar-refractivity contribution >= 4 is 63.8 Å². The van der Waals surface area contributed by atoms with E-state index in [4.69, 9.17) is 28.9 Å². The van der Waals surface area contributed by atoms with Crippen molar-refractivity contribution in [3.63, 3.8) is 0 Å². The van der Waals surface area contributed by atoms with Crippen LogP contribution in [0.15, 0.2) is 42.5 Å². The average molecular weight is 461 g/mol. The Bertz CT molecular complexity index is 1200. The van der Waals surface area contributed by atoms with E-state index in [1.165, 1.54) is 18.2 Å². The number of nitrogens with one attached hydrogen (secondary N) is 3. The lowest BCUT2D eigenvalue weighted by atomic mass is 10.1. The second kappa shape index (κ2) is 9.11. The SMILES string of the molecule is C[C@@H](NC(N)=O)c1ccc(NC(=O)/C=C/c2c(C(=O)O)[nH]c3cc(Cl)cc(Cl)c23)cc1. The molecule has 0 radical (unpaired) electrons. The van der Waals surface area contributed by atoms with Crippen LogP contribution in [-0.2, 0) is 4.79 Å². The lowest BCUT2D eigenvalue weighted by molar-refractivity contribution is -0.111. The zero-order chi connectivity index (χ0) is 22.7.